The number of nitrogens with zero attached hydrogens (tertiary/aromatic N) is 1. The monoisotopic (exact) mass is 269 g/mol. The van der Waals surface area contributed by atoms with Crippen LogP contribution in [0.5, 0.6) is 0 Å². The molecule has 0 radical (unpaired) electrons. The molecule has 0 aromatic heterocycles. The molecule has 1 heterocycles. The van der Waals surface area contributed by atoms with Crippen LogP contribution < -0.4 is 0 Å². The third kappa shape index (κ3) is 3.02. The Balaban J connectivity index is 1.97. The van der Waals surface area contributed by atoms with Crippen LogP contribution in [0, 0.1) is 11.7 Å². The quantitative estimate of drug-likeness (QED) is 0.755. The van der Waals surface area contributed by atoms with Gasteiger partial charge in [0.25, 0.3) is 5.91 Å². The van der Waals surface area contributed by atoms with E-state index in [9.17, 15) is 9.18 Å². The van der Waals surface area contributed by atoms with E-state index in [2.05, 4.69) is 0 Å². The molecule has 1 unspecified atom stereocenters. The summed E-state index contributed by atoms with van der Waals surface area (Å²) in [5.41, 5.74) is 0.550. The first-order valence-electron chi connectivity index (χ1n) is 6.27. The van der Waals surface area contributed by atoms with Crippen molar-refractivity contribution in [3.05, 3.63) is 35.6 Å². The summed E-state index contributed by atoms with van der Waals surface area (Å²) in [6, 6.07) is 5.71. The minimum Gasteiger partial charge on any atom is -0.339 e. The van der Waals surface area contributed by atoms with Crippen LogP contribution in [0.2, 0.25) is 0 Å². The van der Waals surface area contributed by atoms with Crippen LogP contribution in [0.15, 0.2) is 24.3 Å². The Kier molecular flexibility index (Phi) is 4.23. The van der Waals surface area contributed by atoms with Crippen LogP contribution in [0.25, 0.3) is 0 Å². The van der Waals surface area contributed by atoms with E-state index in [1.165, 1.54) is 24.3 Å². The van der Waals surface area contributed by atoms with Gasteiger partial charge in [0.05, 0.1) is 0 Å². The highest BCUT2D eigenvalue weighted by Gasteiger charge is 2.25. The summed E-state index contributed by atoms with van der Waals surface area (Å²) < 4.78 is 12.8. The summed E-state index contributed by atoms with van der Waals surface area (Å²) in [7, 11) is 0. The number of piperidine rings is 1. The van der Waals surface area contributed by atoms with Crippen molar-refractivity contribution in [1.29, 1.82) is 0 Å². The summed E-state index contributed by atoms with van der Waals surface area (Å²) in [6.07, 6.45) is 1.88. The van der Waals surface area contributed by atoms with Crippen molar-refractivity contribution in [2.75, 3.05) is 13.1 Å². The summed E-state index contributed by atoms with van der Waals surface area (Å²) in [5.74, 6) is 0.154. The third-order valence-corrected chi connectivity index (χ3v) is 3.92. The van der Waals surface area contributed by atoms with E-state index in [4.69, 9.17) is 11.6 Å². The van der Waals surface area contributed by atoms with Crippen molar-refractivity contribution in [1.82, 2.24) is 4.90 Å². The Morgan fingerprint density at radius 1 is 1.33 bits per heavy atom. The molecule has 1 aromatic carbocycles. The molecule has 1 saturated heterocycles. The Morgan fingerprint density at radius 2 is 1.89 bits per heavy atom. The molecule has 0 aliphatic carbocycles. The molecule has 1 aliphatic heterocycles. The molecule has 4 heteroatoms. The fourth-order valence-corrected chi connectivity index (χ4v) is 2.59. The lowest BCUT2D eigenvalue weighted by Crippen LogP contribution is -2.40. The summed E-state index contributed by atoms with van der Waals surface area (Å²) in [4.78, 5) is 14.0. The Morgan fingerprint density at radius 3 is 2.39 bits per heavy atom. The van der Waals surface area contributed by atoms with Crippen molar-refractivity contribution in [2.45, 2.75) is 25.1 Å². The SMILES string of the molecule is CC(Cl)C1CCN(C(=O)c2ccc(F)cc2)CC1. The number of likely N-dealkylation sites (tertiary alicyclic amines) is 1. The second-order valence-electron chi connectivity index (χ2n) is 4.81. The molecule has 2 nitrogen and oxygen atoms in total. The van der Waals surface area contributed by atoms with Gasteiger partial charge in [-0.05, 0) is 49.9 Å². The van der Waals surface area contributed by atoms with E-state index in [-0.39, 0.29) is 17.1 Å². The Bertz CT molecular complexity index is 410. The minimum absolute atomic E-state index is 0.0179. The molecule has 2 rings (SSSR count). The number of alkyl halides is 1. The molecule has 1 aliphatic rings. The van der Waals surface area contributed by atoms with Crippen LogP contribution in [0.1, 0.15) is 30.1 Å². The van der Waals surface area contributed by atoms with Crippen molar-refractivity contribution in [3.8, 4) is 0 Å². The van der Waals surface area contributed by atoms with E-state index in [0.717, 1.165) is 25.9 Å². The second kappa shape index (κ2) is 5.70. The molecule has 0 saturated carbocycles. The van der Waals surface area contributed by atoms with Gasteiger partial charge in [0.1, 0.15) is 5.82 Å². The zero-order valence-electron chi connectivity index (χ0n) is 10.4. The van der Waals surface area contributed by atoms with Crippen LogP contribution in [-0.2, 0) is 0 Å². The maximum absolute atomic E-state index is 12.8. The number of benzene rings is 1. The molecule has 1 aromatic rings. The van der Waals surface area contributed by atoms with E-state index in [0.29, 0.717) is 11.5 Å². The van der Waals surface area contributed by atoms with Crippen LogP contribution in [0.3, 0.4) is 0 Å². The van der Waals surface area contributed by atoms with Gasteiger partial charge in [-0.25, -0.2) is 4.39 Å². The van der Waals surface area contributed by atoms with E-state index in [1.807, 2.05) is 11.8 Å². The van der Waals surface area contributed by atoms with Gasteiger partial charge < -0.3 is 4.90 Å². The van der Waals surface area contributed by atoms with E-state index < -0.39 is 0 Å². The van der Waals surface area contributed by atoms with Gasteiger partial charge in [0, 0.05) is 24.0 Å². The molecule has 1 atom stereocenters. The lowest BCUT2D eigenvalue weighted by atomic mass is 9.93. The number of hydrogen-bond acceptors (Lipinski definition) is 1. The number of halogens is 2. The van der Waals surface area contributed by atoms with Crippen LogP contribution in [0.4, 0.5) is 4.39 Å². The average molecular weight is 270 g/mol. The predicted octanol–water partition coefficient (Wildman–Crippen LogP) is 3.31. The maximum atomic E-state index is 12.8. The van der Waals surface area contributed by atoms with Crippen molar-refractivity contribution < 1.29 is 9.18 Å². The molecular weight excluding hydrogens is 253 g/mol. The second-order valence-corrected chi connectivity index (χ2v) is 5.50. The molecule has 0 bridgehead atoms. The minimum atomic E-state index is -0.318. The Labute approximate surface area is 112 Å². The van der Waals surface area contributed by atoms with Crippen LogP contribution in [-0.4, -0.2) is 29.3 Å². The molecule has 1 amide bonds. The van der Waals surface area contributed by atoms with Gasteiger partial charge in [-0.15, -0.1) is 11.6 Å². The lowest BCUT2D eigenvalue weighted by molar-refractivity contribution is 0.0690. The summed E-state index contributed by atoms with van der Waals surface area (Å²) >= 11 is 6.07. The maximum Gasteiger partial charge on any atom is 0.253 e. The predicted molar refractivity (Wildman–Crippen MR) is 70.3 cm³/mol. The zero-order chi connectivity index (χ0) is 13.1. The molecule has 98 valence electrons. The Hall–Kier alpha value is -1.09. The van der Waals surface area contributed by atoms with E-state index >= 15 is 0 Å². The zero-order valence-corrected chi connectivity index (χ0v) is 11.2. The molecule has 0 N–H and O–H groups in total. The van der Waals surface area contributed by atoms with E-state index in [1.54, 1.807) is 0 Å². The van der Waals surface area contributed by atoms with Crippen LogP contribution >= 0.6 is 11.6 Å². The highest BCUT2D eigenvalue weighted by Crippen LogP contribution is 2.24. The summed E-state index contributed by atoms with van der Waals surface area (Å²) in [6.45, 7) is 3.47. The number of hydrogen-bond donors (Lipinski definition) is 0. The number of carbonyl (C=O) groups excluding carboxylic acids is 1. The number of amides is 1. The number of carbonyl (C=O) groups is 1. The normalized spacial score (nSPS) is 18.7. The highest BCUT2D eigenvalue weighted by atomic mass is 35.5. The van der Waals surface area contributed by atoms with Gasteiger partial charge in [-0.2, -0.15) is 0 Å². The first kappa shape index (κ1) is 13.3. The van der Waals surface area contributed by atoms with Gasteiger partial charge in [-0.3, -0.25) is 4.79 Å². The van der Waals surface area contributed by atoms with Crippen molar-refractivity contribution in [3.63, 3.8) is 0 Å². The molecule has 1 fully saturated rings. The molecule has 0 spiro atoms. The highest BCUT2D eigenvalue weighted by molar-refractivity contribution is 6.20. The largest absolute Gasteiger partial charge is 0.339 e. The number of rotatable bonds is 2. The third-order valence-electron chi connectivity index (χ3n) is 3.57. The first-order valence-corrected chi connectivity index (χ1v) is 6.70. The van der Waals surface area contributed by atoms with Gasteiger partial charge in [-0.1, -0.05) is 0 Å². The fraction of sp³-hybridized carbons (Fsp3) is 0.500. The lowest BCUT2D eigenvalue weighted by Gasteiger charge is -2.33. The van der Waals surface area contributed by atoms with Gasteiger partial charge in [0.2, 0.25) is 0 Å². The standard InChI is InChI=1S/C14H17ClFNO/c1-10(15)11-6-8-17(9-7-11)14(18)12-2-4-13(16)5-3-12/h2-5,10-11H,6-9H2,1H3. The first-order chi connectivity index (χ1) is 8.58. The van der Waals surface area contributed by atoms with Gasteiger partial charge >= 0.3 is 0 Å². The average Bonchev–Trinajstić information content (AvgIpc) is 2.39. The topological polar surface area (TPSA) is 20.3 Å². The van der Waals surface area contributed by atoms with Gasteiger partial charge in [0.15, 0.2) is 0 Å². The van der Waals surface area contributed by atoms with Crippen molar-refractivity contribution in [2.24, 2.45) is 5.92 Å². The molecular formula is C14H17ClFNO. The smallest absolute Gasteiger partial charge is 0.253 e. The molecule has 18 heavy (non-hydrogen) atoms. The fourth-order valence-electron chi connectivity index (χ4n) is 2.34. The van der Waals surface area contributed by atoms with Crippen molar-refractivity contribution >= 4 is 17.5 Å². The summed E-state index contributed by atoms with van der Waals surface area (Å²) in [5, 5.41) is 0.160.